The van der Waals surface area contributed by atoms with Gasteiger partial charge in [-0.15, -0.1) is 0 Å². The van der Waals surface area contributed by atoms with E-state index in [1.165, 1.54) is 18.2 Å². The van der Waals surface area contributed by atoms with Crippen molar-refractivity contribution in [3.8, 4) is 0 Å². The quantitative estimate of drug-likeness (QED) is 0.887. The van der Waals surface area contributed by atoms with E-state index in [9.17, 15) is 4.39 Å². The molecule has 1 fully saturated rings. The van der Waals surface area contributed by atoms with E-state index in [1.54, 1.807) is 12.1 Å². The Labute approximate surface area is 95.6 Å². The Balaban J connectivity index is 2.05. The van der Waals surface area contributed by atoms with Crippen LogP contribution in [0.1, 0.15) is 6.42 Å². The molecule has 1 N–H and O–H groups in total. The maximum absolute atomic E-state index is 12.9. The first-order valence-electron chi connectivity index (χ1n) is 4.55. The first-order chi connectivity index (χ1) is 6.75. The van der Waals surface area contributed by atoms with Gasteiger partial charge in [-0.25, -0.2) is 4.39 Å². The highest BCUT2D eigenvalue weighted by atomic mass is 79.9. The molecule has 0 spiro atoms. The smallest absolute Gasteiger partial charge is 0.137 e. The Morgan fingerprint density at radius 2 is 2.36 bits per heavy atom. The summed E-state index contributed by atoms with van der Waals surface area (Å²) < 4.78 is 13.5. The summed E-state index contributed by atoms with van der Waals surface area (Å²) in [6.45, 7) is 0. The van der Waals surface area contributed by atoms with Gasteiger partial charge in [0, 0.05) is 17.5 Å². The van der Waals surface area contributed by atoms with Crippen LogP contribution in [0.5, 0.6) is 0 Å². The SMILES string of the molecule is Fc1ccc(NC2CCSC2)cc1Br. The molecule has 0 amide bonds. The van der Waals surface area contributed by atoms with Crippen molar-refractivity contribution in [3.63, 3.8) is 0 Å². The zero-order chi connectivity index (χ0) is 9.97. The fourth-order valence-corrected chi connectivity index (χ4v) is 3.00. The zero-order valence-electron chi connectivity index (χ0n) is 7.59. The topological polar surface area (TPSA) is 12.0 Å². The monoisotopic (exact) mass is 275 g/mol. The summed E-state index contributed by atoms with van der Waals surface area (Å²) in [4.78, 5) is 0. The molecule has 1 heterocycles. The third-order valence-corrected chi connectivity index (χ3v) is 3.99. The van der Waals surface area contributed by atoms with Crippen LogP contribution in [-0.2, 0) is 0 Å². The van der Waals surface area contributed by atoms with Crippen LogP contribution < -0.4 is 5.32 Å². The van der Waals surface area contributed by atoms with Crippen molar-refractivity contribution >= 4 is 33.4 Å². The van der Waals surface area contributed by atoms with Gasteiger partial charge < -0.3 is 5.32 Å². The van der Waals surface area contributed by atoms with E-state index in [4.69, 9.17) is 0 Å². The second kappa shape index (κ2) is 4.53. The highest BCUT2D eigenvalue weighted by Gasteiger charge is 2.15. The summed E-state index contributed by atoms with van der Waals surface area (Å²) in [7, 11) is 0. The molecule has 1 unspecified atom stereocenters. The minimum absolute atomic E-state index is 0.212. The number of hydrogen-bond acceptors (Lipinski definition) is 2. The van der Waals surface area contributed by atoms with Gasteiger partial charge in [0.15, 0.2) is 0 Å². The first-order valence-corrected chi connectivity index (χ1v) is 6.50. The Bertz CT molecular complexity index is 326. The number of benzene rings is 1. The molecule has 0 aliphatic carbocycles. The van der Waals surface area contributed by atoms with Gasteiger partial charge in [-0.05, 0) is 46.3 Å². The van der Waals surface area contributed by atoms with E-state index in [0.29, 0.717) is 10.5 Å². The van der Waals surface area contributed by atoms with Crippen molar-refractivity contribution < 1.29 is 4.39 Å². The molecule has 76 valence electrons. The third kappa shape index (κ3) is 2.42. The summed E-state index contributed by atoms with van der Waals surface area (Å²) in [6, 6.07) is 5.59. The van der Waals surface area contributed by atoms with Crippen molar-refractivity contribution in [1.29, 1.82) is 0 Å². The molecular formula is C10H11BrFNS. The van der Waals surface area contributed by atoms with Crippen molar-refractivity contribution in [1.82, 2.24) is 0 Å². The van der Waals surface area contributed by atoms with Crippen LogP contribution in [0.4, 0.5) is 10.1 Å². The predicted molar refractivity (Wildman–Crippen MR) is 63.5 cm³/mol. The minimum atomic E-state index is -0.212. The largest absolute Gasteiger partial charge is 0.381 e. The average molecular weight is 276 g/mol. The van der Waals surface area contributed by atoms with Gasteiger partial charge >= 0.3 is 0 Å². The summed E-state index contributed by atoms with van der Waals surface area (Å²) in [6.07, 6.45) is 1.19. The van der Waals surface area contributed by atoms with Crippen LogP contribution in [0.25, 0.3) is 0 Å². The second-order valence-electron chi connectivity index (χ2n) is 3.33. The van der Waals surface area contributed by atoms with Crippen LogP contribution in [0.15, 0.2) is 22.7 Å². The van der Waals surface area contributed by atoms with Crippen LogP contribution in [0.3, 0.4) is 0 Å². The van der Waals surface area contributed by atoms with Gasteiger partial charge in [0.25, 0.3) is 0 Å². The normalized spacial score (nSPS) is 21.1. The van der Waals surface area contributed by atoms with E-state index in [0.717, 1.165) is 11.4 Å². The number of nitrogens with one attached hydrogen (secondary N) is 1. The zero-order valence-corrected chi connectivity index (χ0v) is 10.00. The Morgan fingerprint density at radius 1 is 1.50 bits per heavy atom. The highest BCUT2D eigenvalue weighted by molar-refractivity contribution is 9.10. The van der Waals surface area contributed by atoms with E-state index in [2.05, 4.69) is 21.2 Å². The average Bonchev–Trinajstić information content (AvgIpc) is 2.64. The van der Waals surface area contributed by atoms with E-state index >= 15 is 0 Å². The van der Waals surface area contributed by atoms with Crippen molar-refractivity contribution in [2.45, 2.75) is 12.5 Å². The van der Waals surface area contributed by atoms with Crippen molar-refractivity contribution in [2.24, 2.45) is 0 Å². The van der Waals surface area contributed by atoms with Crippen LogP contribution in [0, 0.1) is 5.82 Å². The lowest BCUT2D eigenvalue weighted by Crippen LogP contribution is -2.17. The highest BCUT2D eigenvalue weighted by Crippen LogP contribution is 2.24. The Kier molecular flexibility index (Phi) is 3.34. The molecule has 1 aromatic carbocycles. The molecule has 1 atom stereocenters. The minimum Gasteiger partial charge on any atom is -0.381 e. The molecule has 4 heteroatoms. The van der Waals surface area contributed by atoms with Crippen molar-refractivity contribution in [2.75, 3.05) is 16.8 Å². The molecule has 0 radical (unpaired) electrons. The number of hydrogen-bond donors (Lipinski definition) is 1. The van der Waals surface area contributed by atoms with Crippen LogP contribution in [0.2, 0.25) is 0 Å². The molecule has 0 saturated carbocycles. The van der Waals surface area contributed by atoms with Gasteiger partial charge in [-0.1, -0.05) is 0 Å². The molecule has 0 aromatic heterocycles. The van der Waals surface area contributed by atoms with Gasteiger partial charge in [0.05, 0.1) is 4.47 Å². The molecule has 1 aromatic rings. The molecule has 14 heavy (non-hydrogen) atoms. The molecule has 0 bridgehead atoms. The Morgan fingerprint density at radius 3 is 3.00 bits per heavy atom. The number of rotatable bonds is 2. The van der Waals surface area contributed by atoms with Gasteiger partial charge in [0.2, 0.25) is 0 Å². The maximum atomic E-state index is 12.9. The van der Waals surface area contributed by atoms with E-state index in [1.807, 2.05) is 11.8 Å². The maximum Gasteiger partial charge on any atom is 0.137 e. The fraction of sp³-hybridized carbons (Fsp3) is 0.400. The molecule has 1 aliphatic rings. The molecule has 1 aliphatic heterocycles. The lowest BCUT2D eigenvalue weighted by Gasteiger charge is -2.12. The second-order valence-corrected chi connectivity index (χ2v) is 5.34. The summed E-state index contributed by atoms with van der Waals surface area (Å²) in [5.74, 6) is 2.16. The van der Waals surface area contributed by atoms with Crippen LogP contribution >= 0.6 is 27.7 Å². The van der Waals surface area contributed by atoms with E-state index in [-0.39, 0.29) is 5.82 Å². The molecule has 2 rings (SSSR count). The molecule has 1 saturated heterocycles. The molecule has 1 nitrogen and oxygen atoms in total. The van der Waals surface area contributed by atoms with Crippen molar-refractivity contribution in [3.05, 3.63) is 28.5 Å². The predicted octanol–water partition coefficient (Wildman–Crippen LogP) is 3.51. The van der Waals surface area contributed by atoms with Crippen LogP contribution in [-0.4, -0.2) is 17.5 Å². The van der Waals surface area contributed by atoms with Gasteiger partial charge in [0.1, 0.15) is 5.82 Å². The van der Waals surface area contributed by atoms with Gasteiger partial charge in [-0.3, -0.25) is 0 Å². The summed E-state index contributed by atoms with van der Waals surface area (Å²) in [5.41, 5.74) is 0.991. The summed E-state index contributed by atoms with van der Waals surface area (Å²) >= 11 is 5.14. The van der Waals surface area contributed by atoms with Gasteiger partial charge in [-0.2, -0.15) is 11.8 Å². The number of anilines is 1. The lowest BCUT2D eigenvalue weighted by molar-refractivity contribution is 0.621. The number of thioether (sulfide) groups is 1. The Hall–Kier alpha value is -0.220. The third-order valence-electron chi connectivity index (χ3n) is 2.22. The molecular weight excluding hydrogens is 265 g/mol. The standard InChI is InChI=1S/C10H11BrFNS/c11-9-5-7(1-2-10(9)12)13-8-3-4-14-6-8/h1-2,5,8,13H,3-4,6H2. The first kappa shape index (κ1) is 10.3. The lowest BCUT2D eigenvalue weighted by atomic mass is 10.2. The fourth-order valence-electron chi connectivity index (χ4n) is 1.47. The summed E-state index contributed by atoms with van der Waals surface area (Å²) in [5, 5.41) is 3.39. The number of halogens is 2. The van der Waals surface area contributed by atoms with E-state index < -0.39 is 0 Å².